The van der Waals surface area contributed by atoms with Gasteiger partial charge in [-0.2, -0.15) is 0 Å². The average molecular weight is 394 g/mol. The molecule has 0 aromatic heterocycles. The van der Waals surface area contributed by atoms with Gasteiger partial charge in [-0.05, 0) is 46.6 Å². The molecule has 1 amide bonds. The molecule has 0 spiro atoms. The third-order valence-electron chi connectivity index (χ3n) is 3.14. The zero-order chi connectivity index (χ0) is 17.7. The van der Waals surface area contributed by atoms with Gasteiger partial charge in [0.25, 0.3) is 11.6 Å². The summed E-state index contributed by atoms with van der Waals surface area (Å²) in [4.78, 5) is 22.6. The van der Waals surface area contributed by atoms with Crippen LogP contribution in [0.3, 0.4) is 0 Å². The van der Waals surface area contributed by atoms with E-state index in [2.05, 4.69) is 21.2 Å². The van der Waals surface area contributed by atoms with Crippen LogP contribution in [0.2, 0.25) is 0 Å². The first kappa shape index (κ1) is 17.7. The maximum absolute atomic E-state index is 12.3. The van der Waals surface area contributed by atoms with Crippen LogP contribution in [0.1, 0.15) is 23.7 Å². The lowest BCUT2D eigenvalue weighted by Gasteiger charge is -2.11. The van der Waals surface area contributed by atoms with Gasteiger partial charge in [-0.15, -0.1) is 0 Å². The van der Waals surface area contributed by atoms with E-state index in [1.807, 2.05) is 6.92 Å². The third-order valence-corrected chi connectivity index (χ3v) is 3.83. The van der Waals surface area contributed by atoms with Crippen molar-refractivity contribution >= 4 is 38.9 Å². The van der Waals surface area contributed by atoms with Gasteiger partial charge in [0, 0.05) is 22.2 Å². The molecular formula is C16H16BrN3O4. The van der Waals surface area contributed by atoms with Gasteiger partial charge in [0.05, 0.1) is 22.9 Å². The molecule has 0 aliphatic heterocycles. The number of carbonyl (C=O) groups excluding carboxylic acids is 1. The highest BCUT2D eigenvalue weighted by molar-refractivity contribution is 9.10. The highest BCUT2D eigenvalue weighted by atomic mass is 79.9. The van der Waals surface area contributed by atoms with Gasteiger partial charge in [0.1, 0.15) is 5.75 Å². The van der Waals surface area contributed by atoms with Crippen LogP contribution in [0.5, 0.6) is 5.75 Å². The van der Waals surface area contributed by atoms with Gasteiger partial charge in [-0.3, -0.25) is 14.9 Å². The standard InChI is InChI=1S/C16H16BrN3O4/c1-2-7-24-15-6-3-10(8-13(15)18)16(21)19-14-9-11(20(22)23)4-5-12(14)17/h3-6,8-9H,2,7,18H2,1H3,(H,19,21). The lowest BCUT2D eigenvalue weighted by atomic mass is 10.1. The van der Waals surface area contributed by atoms with Crippen molar-refractivity contribution in [1.82, 2.24) is 0 Å². The molecule has 3 N–H and O–H groups in total. The molecule has 126 valence electrons. The van der Waals surface area contributed by atoms with Crippen LogP contribution in [0.15, 0.2) is 40.9 Å². The number of nitro benzene ring substituents is 1. The molecule has 0 heterocycles. The molecule has 8 heteroatoms. The minimum absolute atomic E-state index is 0.115. The van der Waals surface area contributed by atoms with Crippen LogP contribution >= 0.6 is 15.9 Å². The smallest absolute Gasteiger partial charge is 0.271 e. The number of carbonyl (C=O) groups is 1. The minimum Gasteiger partial charge on any atom is -0.491 e. The number of nitro groups is 1. The topological polar surface area (TPSA) is 107 Å². The van der Waals surface area contributed by atoms with Crippen molar-refractivity contribution in [3.63, 3.8) is 0 Å². The summed E-state index contributed by atoms with van der Waals surface area (Å²) in [6.07, 6.45) is 0.850. The fraction of sp³-hybridized carbons (Fsp3) is 0.188. The number of anilines is 2. The van der Waals surface area contributed by atoms with E-state index in [1.165, 1.54) is 24.3 Å². The van der Waals surface area contributed by atoms with Gasteiger partial charge in [0.2, 0.25) is 0 Å². The van der Waals surface area contributed by atoms with Crippen LogP contribution in [-0.2, 0) is 0 Å². The summed E-state index contributed by atoms with van der Waals surface area (Å²) in [7, 11) is 0. The molecule has 0 bridgehead atoms. The van der Waals surface area contributed by atoms with Crippen LogP contribution < -0.4 is 15.8 Å². The summed E-state index contributed by atoms with van der Waals surface area (Å²) in [5.74, 6) is 0.0925. The van der Waals surface area contributed by atoms with Crippen molar-refractivity contribution < 1.29 is 14.5 Å². The molecule has 0 radical (unpaired) electrons. The van der Waals surface area contributed by atoms with E-state index < -0.39 is 10.8 Å². The van der Waals surface area contributed by atoms with E-state index in [0.29, 0.717) is 33.8 Å². The zero-order valence-electron chi connectivity index (χ0n) is 12.9. The summed E-state index contributed by atoms with van der Waals surface area (Å²) in [5.41, 5.74) is 6.76. The minimum atomic E-state index is -0.528. The van der Waals surface area contributed by atoms with Crippen molar-refractivity contribution in [2.24, 2.45) is 0 Å². The number of hydrogen-bond donors (Lipinski definition) is 2. The number of nitrogens with two attached hydrogens (primary N) is 1. The average Bonchev–Trinajstić information content (AvgIpc) is 2.55. The summed E-state index contributed by atoms with van der Waals surface area (Å²) in [5, 5.41) is 13.5. The van der Waals surface area contributed by atoms with Crippen LogP contribution in [0.25, 0.3) is 0 Å². The van der Waals surface area contributed by atoms with E-state index in [1.54, 1.807) is 12.1 Å². The van der Waals surface area contributed by atoms with Crippen molar-refractivity contribution in [1.29, 1.82) is 0 Å². The highest BCUT2D eigenvalue weighted by Crippen LogP contribution is 2.28. The molecule has 0 aliphatic carbocycles. The molecule has 7 nitrogen and oxygen atoms in total. The van der Waals surface area contributed by atoms with E-state index in [0.717, 1.165) is 6.42 Å². The van der Waals surface area contributed by atoms with Crippen LogP contribution in [0, 0.1) is 10.1 Å². The second-order valence-corrected chi connectivity index (χ2v) is 5.83. The fourth-order valence-electron chi connectivity index (χ4n) is 1.95. The number of non-ortho nitro benzene ring substituents is 1. The Labute approximate surface area is 147 Å². The number of nitrogen functional groups attached to an aromatic ring is 1. The first-order valence-electron chi connectivity index (χ1n) is 7.20. The summed E-state index contributed by atoms with van der Waals surface area (Å²) >= 11 is 3.25. The van der Waals surface area contributed by atoms with Gasteiger partial charge >= 0.3 is 0 Å². The van der Waals surface area contributed by atoms with E-state index in [4.69, 9.17) is 10.5 Å². The quantitative estimate of drug-likeness (QED) is 0.438. The number of nitrogens with one attached hydrogen (secondary N) is 1. The Morgan fingerprint density at radius 3 is 2.71 bits per heavy atom. The number of benzene rings is 2. The molecule has 24 heavy (non-hydrogen) atoms. The second kappa shape index (κ2) is 7.78. The molecule has 0 unspecified atom stereocenters. The number of nitrogens with zero attached hydrogens (tertiary/aromatic N) is 1. The molecule has 0 fully saturated rings. The van der Waals surface area contributed by atoms with Crippen molar-refractivity contribution in [3.05, 3.63) is 56.5 Å². The monoisotopic (exact) mass is 393 g/mol. The maximum Gasteiger partial charge on any atom is 0.271 e. The Morgan fingerprint density at radius 1 is 1.33 bits per heavy atom. The Balaban J connectivity index is 2.19. The van der Waals surface area contributed by atoms with E-state index in [-0.39, 0.29) is 5.69 Å². The van der Waals surface area contributed by atoms with Crippen molar-refractivity contribution in [2.75, 3.05) is 17.7 Å². The first-order valence-corrected chi connectivity index (χ1v) is 7.99. The molecular weight excluding hydrogens is 378 g/mol. The normalized spacial score (nSPS) is 10.2. The second-order valence-electron chi connectivity index (χ2n) is 4.98. The molecule has 2 aromatic rings. The largest absolute Gasteiger partial charge is 0.491 e. The summed E-state index contributed by atoms with van der Waals surface area (Å²) in [6.45, 7) is 2.52. The van der Waals surface area contributed by atoms with Gasteiger partial charge in [0.15, 0.2) is 0 Å². The Kier molecular flexibility index (Phi) is 5.75. The number of hydrogen-bond acceptors (Lipinski definition) is 5. The number of ether oxygens (including phenoxy) is 1. The van der Waals surface area contributed by atoms with E-state index >= 15 is 0 Å². The summed E-state index contributed by atoms with van der Waals surface area (Å²) in [6, 6.07) is 8.85. The Bertz CT molecular complexity index is 780. The number of amides is 1. The Hall–Kier alpha value is -2.61. The highest BCUT2D eigenvalue weighted by Gasteiger charge is 2.14. The maximum atomic E-state index is 12.3. The molecule has 0 saturated heterocycles. The lowest BCUT2D eigenvalue weighted by molar-refractivity contribution is -0.384. The van der Waals surface area contributed by atoms with Gasteiger partial charge < -0.3 is 15.8 Å². The van der Waals surface area contributed by atoms with Crippen molar-refractivity contribution in [2.45, 2.75) is 13.3 Å². The Morgan fingerprint density at radius 2 is 2.08 bits per heavy atom. The van der Waals surface area contributed by atoms with Gasteiger partial charge in [-0.25, -0.2) is 0 Å². The van der Waals surface area contributed by atoms with Gasteiger partial charge in [-0.1, -0.05) is 6.92 Å². The number of rotatable bonds is 6. The molecule has 2 aromatic carbocycles. The molecule has 0 saturated carbocycles. The third kappa shape index (κ3) is 4.23. The SMILES string of the molecule is CCCOc1ccc(C(=O)Nc2cc([N+](=O)[O-])ccc2Br)cc1N. The first-order chi connectivity index (χ1) is 11.4. The zero-order valence-corrected chi connectivity index (χ0v) is 14.5. The molecule has 2 rings (SSSR count). The molecule has 0 aliphatic rings. The number of halogens is 1. The van der Waals surface area contributed by atoms with E-state index in [9.17, 15) is 14.9 Å². The van der Waals surface area contributed by atoms with Crippen LogP contribution in [0.4, 0.5) is 17.1 Å². The van der Waals surface area contributed by atoms with Crippen molar-refractivity contribution in [3.8, 4) is 5.75 Å². The fourth-order valence-corrected chi connectivity index (χ4v) is 2.30. The lowest BCUT2D eigenvalue weighted by Crippen LogP contribution is -2.13. The summed E-state index contributed by atoms with van der Waals surface area (Å²) < 4.78 is 6.00. The van der Waals surface area contributed by atoms with Crippen LogP contribution in [-0.4, -0.2) is 17.4 Å². The predicted octanol–water partition coefficient (Wildman–Crippen LogP) is 3.98. The predicted molar refractivity (Wildman–Crippen MR) is 95.4 cm³/mol. The molecule has 0 atom stereocenters.